The van der Waals surface area contributed by atoms with E-state index < -0.39 is 41.9 Å². The summed E-state index contributed by atoms with van der Waals surface area (Å²) in [6.07, 6.45) is 0.0763. The van der Waals surface area contributed by atoms with Crippen LogP contribution in [0.3, 0.4) is 0 Å². The highest BCUT2D eigenvalue weighted by Crippen LogP contribution is 2.52. The minimum Gasteiger partial charge on any atom is -0.493 e. The molecule has 0 fully saturated rings. The molecule has 3 aromatic rings. The third-order valence-corrected chi connectivity index (χ3v) is 8.75. The Bertz CT molecular complexity index is 1850. The van der Waals surface area contributed by atoms with Gasteiger partial charge < -0.3 is 42.6 Å². The van der Waals surface area contributed by atoms with Crippen molar-refractivity contribution >= 4 is 29.8 Å². The Morgan fingerprint density at radius 2 is 1.07 bits per heavy atom. The highest BCUT2D eigenvalue weighted by atomic mass is 16.6. The zero-order chi connectivity index (χ0) is 39.5. The molecule has 0 spiro atoms. The van der Waals surface area contributed by atoms with Crippen molar-refractivity contribution in [3.05, 3.63) is 70.8 Å². The van der Waals surface area contributed by atoms with Crippen LogP contribution in [0.5, 0.6) is 34.5 Å². The summed E-state index contributed by atoms with van der Waals surface area (Å²) in [5.74, 6) is -1.61. The van der Waals surface area contributed by atoms with Gasteiger partial charge in [-0.05, 0) is 59.9 Å². The topological polar surface area (TPSA) is 168 Å². The standard InChI is InChI=1S/C40H46O14/c1-22(41)49-19-30(13-27-9-11-34(52-25(4)44)36(16-27)46-6)31(20-50-23(2)42)14-28-15-32-33(21-51-24(3)43)39(54-40(32)38(17-28)48-8)29-10-12-35(53-26(5)45)37(18-29)47-7/h9-12,15-18,30-31,33,39H,13-14,19-21H2,1-8H3/t30-,31-,33-,39+/m0/s1. The molecule has 54 heavy (non-hydrogen) atoms. The molecule has 14 heteroatoms. The van der Waals surface area contributed by atoms with Crippen LogP contribution in [0.15, 0.2) is 48.5 Å². The second-order valence-corrected chi connectivity index (χ2v) is 12.8. The highest BCUT2D eigenvalue weighted by molar-refractivity contribution is 5.71. The summed E-state index contributed by atoms with van der Waals surface area (Å²) in [6.45, 7) is 6.55. The van der Waals surface area contributed by atoms with Crippen LogP contribution in [0.25, 0.3) is 0 Å². The van der Waals surface area contributed by atoms with Gasteiger partial charge in [-0.2, -0.15) is 0 Å². The molecule has 14 nitrogen and oxygen atoms in total. The zero-order valence-corrected chi connectivity index (χ0v) is 31.7. The molecule has 3 aromatic carbocycles. The summed E-state index contributed by atoms with van der Waals surface area (Å²) in [5.41, 5.74) is 2.97. The molecule has 0 aromatic heterocycles. The van der Waals surface area contributed by atoms with E-state index in [1.54, 1.807) is 36.4 Å². The van der Waals surface area contributed by atoms with E-state index in [-0.39, 0.29) is 43.2 Å². The molecule has 0 radical (unpaired) electrons. The van der Waals surface area contributed by atoms with Crippen LogP contribution >= 0.6 is 0 Å². The molecule has 0 saturated carbocycles. The van der Waals surface area contributed by atoms with Gasteiger partial charge in [0.1, 0.15) is 12.7 Å². The summed E-state index contributed by atoms with van der Waals surface area (Å²) in [6, 6.07) is 14.0. The van der Waals surface area contributed by atoms with Crippen LogP contribution in [-0.2, 0) is 51.0 Å². The van der Waals surface area contributed by atoms with Crippen LogP contribution in [-0.4, -0.2) is 71.0 Å². The fraction of sp³-hybridized carbons (Fsp3) is 0.425. The molecule has 4 rings (SSSR count). The molecule has 0 amide bonds. The number of fused-ring (bicyclic) bond motifs is 1. The van der Waals surface area contributed by atoms with Gasteiger partial charge in [0.15, 0.2) is 34.5 Å². The molecule has 290 valence electrons. The van der Waals surface area contributed by atoms with E-state index in [9.17, 15) is 24.0 Å². The van der Waals surface area contributed by atoms with Gasteiger partial charge in [0.2, 0.25) is 0 Å². The van der Waals surface area contributed by atoms with E-state index in [1.165, 1.54) is 55.9 Å². The summed E-state index contributed by atoms with van der Waals surface area (Å²) < 4.78 is 50.5. The lowest BCUT2D eigenvalue weighted by Crippen LogP contribution is -2.30. The van der Waals surface area contributed by atoms with Crippen molar-refractivity contribution in [2.45, 2.75) is 59.5 Å². The molecular weight excluding hydrogens is 704 g/mol. The summed E-state index contributed by atoms with van der Waals surface area (Å²) in [4.78, 5) is 59.5. The number of ether oxygens (including phenoxy) is 9. The van der Waals surface area contributed by atoms with Crippen LogP contribution < -0.4 is 28.4 Å². The number of methoxy groups -OCH3 is 3. The van der Waals surface area contributed by atoms with E-state index in [0.717, 1.165) is 11.1 Å². The first-order valence-electron chi connectivity index (χ1n) is 17.2. The minimum atomic E-state index is -0.651. The summed E-state index contributed by atoms with van der Waals surface area (Å²) in [7, 11) is 4.43. The zero-order valence-electron chi connectivity index (χ0n) is 31.7. The quantitative estimate of drug-likeness (QED) is 0.0965. The molecule has 1 aliphatic rings. The van der Waals surface area contributed by atoms with Gasteiger partial charge >= 0.3 is 29.8 Å². The molecule has 0 N–H and O–H groups in total. The van der Waals surface area contributed by atoms with Crippen molar-refractivity contribution in [1.82, 2.24) is 0 Å². The summed E-state index contributed by atoms with van der Waals surface area (Å²) in [5, 5.41) is 0. The largest absolute Gasteiger partial charge is 0.493 e. The van der Waals surface area contributed by atoms with E-state index in [1.807, 2.05) is 12.1 Å². The average molecular weight is 751 g/mol. The van der Waals surface area contributed by atoms with Crippen LogP contribution in [0.4, 0.5) is 0 Å². The molecule has 4 atom stereocenters. The average Bonchev–Trinajstić information content (AvgIpc) is 3.48. The first kappa shape index (κ1) is 41.0. The smallest absolute Gasteiger partial charge is 0.308 e. The number of benzene rings is 3. The molecule has 0 unspecified atom stereocenters. The SMILES string of the molecule is COc1cc(C[C@@H](COC(C)=O)[C@H](COC(C)=O)Cc2cc(OC)c3c(c2)[C@H](COC(C)=O)[C@@H](c2ccc(OC(C)=O)c(OC)c2)O3)ccc1OC(C)=O. The Morgan fingerprint density at radius 1 is 0.574 bits per heavy atom. The van der Waals surface area contributed by atoms with Crippen molar-refractivity contribution in [1.29, 1.82) is 0 Å². The predicted molar refractivity (Wildman–Crippen MR) is 192 cm³/mol. The fourth-order valence-electron chi connectivity index (χ4n) is 6.37. The molecular formula is C40H46O14. The Hall–Kier alpha value is -5.79. The number of rotatable bonds is 17. The third kappa shape index (κ3) is 10.9. The first-order valence-corrected chi connectivity index (χ1v) is 17.2. The Balaban J connectivity index is 1.75. The van der Waals surface area contributed by atoms with Crippen molar-refractivity contribution in [2.75, 3.05) is 41.2 Å². The Kier molecular flexibility index (Phi) is 14.3. The first-order chi connectivity index (χ1) is 25.7. The van der Waals surface area contributed by atoms with Gasteiger partial charge in [-0.15, -0.1) is 0 Å². The molecule has 1 aliphatic heterocycles. The lowest BCUT2D eigenvalue weighted by molar-refractivity contribution is -0.147. The van der Waals surface area contributed by atoms with E-state index >= 15 is 0 Å². The fourth-order valence-corrected chi connectivity index (χ4v) is 6.37. The van der Waals surface area contributed by atoms with Crippen molar-refractivity contribution in [3.63, 3.8) is 0 Å². The number of carbonyl (C=O) groups excluding carboxylic acids is 5. The van der Waals surface area contributed by atoms with Crippen molar-refractivity contribution in [3.8, 4) is 34.5 Å². The Labute approximate surface area is 313 Å². The van der Waals surface area contributed by atoms with Gasteiger partial charge in [0.25, 0.3) is 0 Å². The maximum absolute atomic E-state index is 12.1. The normalized spacial score (nSPS) is 15.4. The predicted octanol–water partition coefficient (Wildman–Crippen LogP) is 5.49. The monoisotopic (exact) mass is 750 g/mol. The molecule has 0 bridgehead atoms. The van der Waals surface area contributed by atoms with Gasteiger partial charge in [-0.3, -0.25) is 24.0 Å². The molecule has 0 saturated heterocycles. The summed E-state index contributed by atoms with van der Waals surface area (Å²) >= 11 is 0. The molecule has 1 heterocycles. The highest BCUT2D eigenvalue weighted by Gasteiger charge is 2.40. The number of hydrogen-bond acceptors (Lipinski definition) is 14. The second kappa shape index (κ2) is 18.8. The van der Waals surface area contributed by atoms with Gasteiger partial charge in [-0.1, -0.05) is 18.2 Å². The van der Waals surface area contributed by atoms with Crippen molar-refractivity contribution < 1.29 is 66.6 Å². The lowest BCUT2D eigenvalue weighted by Gasteiger charge is -2.27. The number of hydrogen-bond donors (Lipinski definition) is 0. The molecule has 0 aliphatic carbocycles. The number of carbonyl (C=O) groups is 5. The lowest BCUT2D eigenvalue weighted by atomic mass is 9.82. The van der Waals surface area contributed by atoms with Gasteiger partial charge in [0, 0.05) is 52.0 Å². The van der Waals surface area contributed by atoms with Gasteiger partial charge in [-0.25, -0.2) is 0 Å². The van der Waals surface area contributed by atoms with Crippen LogP contribution in [0.1, 0.15) is 68.9 Å². The minimum absolute atomic E-state index is 0.00775. The van der Waals surface area contributed by atoms with E-state index in [0.29, 0.717) is 47.0 Å². The van der Waals surface area contributed by atoms with Crippen LogP contribution in [0, 0.1) is 11.8 Å². The third-order valence-electron chi connectivity index (χ3n) is 8.75. The van der Waals surface area contributed by atoms with Crippen molar-refractivity contribution in [2.24, 2.45) is 11.8 Å². The number of esters is 5. The van der Waals surface area contributed by atoms with E-state index in [4.69, 9.17) is 42.6 Å². The van der Waals surface area contributed by atoms with E-state index in [2.05, 4.69) is 0 Å². The van der Waals surface area contributed by atoms with Gasteiger partial charge in [0.05, 0.1) is 40.5 Å². The van der Waals surface area contributed by atoms with Crippen LogP contribution in [0.2, 0.25) is 0 Å². The maximum atomic E-state index is 12.1. The maximum Gasteiger partial charge on any atom is 0.308 e. The Morgan fingerprint density at radius 3 is 1.59 bits per heavy atom. The second-order valence-electron chi connectivity index (χ2n) is 12.8.